The number of nitrogens with one attached hydrogen (secondary N) is 1. The summed E-state index contributed by atoms with van der Waals surface area (Å²) in [5.41, 5.74) is 3.51. The van der Waals surface area contributed by atoms with Crippen molar-refractivity contribution in [3.63, 3.8) is 0 Å². The molecule has 2 aromatic carbocycles. The number of benzene rings is 2. The number of carbonyl (C=O) groups excluding carboxylic acids is 2. The van der Waals surface area contributed by atoms with Gasteiger partial charge in [0.15, 0.2) is 0 Å². The van der Waals surface area contributed by atoms with Gasteiger partial charge in [0.25, 0.3) is 0 Å². The Bertz CT molecular complexity index is 786. The van der Waals surface area contributed by atoms with Crippen LogP contribution >= 0.6 is 0 Å². The zero-order valence-electron chi connectivity index (χ0n) is 13.8. The molecular weight excluding hydrogens is 304 g/mol. The lowest BCUT2D eigenvalue weighted by Gasteiger charge is -2.29. The Morgan fingerprint density at radius 3 is 2.79 bits per heavy atom. The second-order valence-electron chi connectivity index (χ2n) is 5.92. The van der Waals surface area contributed by atoms with Gasteiger partial charge in [-0.05, 0) is 24.6 Å². The van der Waals surface area contributed by atoms with Crippen molar-refractivity contribution >= 4 is 23.2 Å². The highest BCUT2D eigenvalue weighted by atomic mass is 16.5. The maximum Gasteiger partial charge on any atom is 0.228 e. The monoisotopic (exact) mass is 324 g/mol. The molecule has 3 rings (SSSR count). The Hall–Kier alpha value is -2.82. The van der Waals surface area contributed by atoms with E-state index >= 15 is 0 Å². The van der Waals surface area contributed by atoms with Crippen LogP contribution in [0.5, 0.6) is 5.75 Å². The lowest BCUT2D eigenvalue weighted by atomic mass is 10.1. The topological polar surface area (TPSA) is 58.6 Å². The van der Waals surface area contributed by atoms with Crippen molar-refractivity contribution in [1.82, 2.24) is 0 Å². The molecule has 1 aliphatic heterocycles. The highest BCUT2D eigenvalue weighted by Crippen LogP contribution is 2.34. The van der Waals surface area contributed by atoms with Gasteiger partial charge in [-0.15, -0.1) is 0 Å². The zero-order valence-corrected chi connectivity index (χ0v) is 13.8. The summed E-state index contributed by atoms with van der Waals surface area (Å²) in [7, 11) is 0. The highest BCUT2D eigenvalue weighted by molar-refractivity contribution is 5.96. The van der Waals surface area contributed by atoms with Crippen LogP contribution in [0.4, 0.5) is 11.4 Å². The molecule has 2 aromatic rings. The molecule has 0 saturated carbocycles. The van der Waals surface area contributed by atoms with Crippen LogP contribution in [0.3, 0.4) is 0 Å². The quantitative estimate of drug-likeness (QED) is 0.944. The van der Waals surface area contributed by atoms with Gasteiger partial charge >= 0.3 is 0 Å². The summed E-state index contributed by atoms with van der Waals surface area (Å²) < 4.78 is 5.61. The van der Waals surface area contributed by atoms with Crippen LogP contribution in [0.25, 0.3) is 0 Å². The molecule has 24 heavy (non-hydrogen) atoms. The van der Waals surface area contributed by atoms with Crippen molar-refractivity contribution in [2.75, 3.05) is 23.4 Å². The first-order chi connectivity index (χ1) is 11.5. The summed E-state index contributed by atoms with van der Waals surface area (Å²) in [6, 6.07) is 13.2. The molecule has 2 amide bonds. The minimum absolute atomic E-state index is 0.0178. The number of amides is 2. The molecule has 1 N–H and O–H groups in total. The van der Waals surface area contributed by atoms with Crippen LogP contribution in [0.15, 0.2) is 42.5 Å². The fraction of sp³-hybridized carbons (Fsp3) is 0.263. The van der Waals surface area contributed by atoms with E-state index in [4.69, 9.17) is 4.74 Å². The molecule has 1 heterocycles. The average molecular weight is 324 g/mol. The fourth-order valence-electron chi connectivity index (χ4n) is 2.84. The Balaban J connectivity index is 1.72. The van der Waals surface area contributed by atoms with Crippen molar-refractivity contribution in [3.8, 4) is 5.75 Å². The highest BCUT2D eigenvalue weighted by Gasteiger charge is 2.21. The van der Waals surface area contributed by atoms with Crippen LogP contribution in [-0.2, 0) is 16.0 Å². The van der Waals surface area contributed by atoms with E-state index in [2.05, 4.69) is 5.32 Å². The van der Waals surface area contributed by atoms with E-state index in [0.29, 0.717) is 31.0 Å². The SMILES string of the molecule is CC(=O)N1CCOc2cc(NC(=O)Cc3cccc(C)c3)ccc21. The predicted molar refractivity (Wildman–Crippen MR) is 93.5 cm³/mol. The van der Waals surface area contributed by atoms with Crippen LogP contribution in [0, 0.1) is 6.92 Å². The number of carbonyl (C=O) groups is 2. The van der Waals surface area contributed by atoms with E-state index in [0.717, 1.165) is 16.8 Å². The number of anilines is 2. The molecule has 124 valence electrons. The molecule has 0 saturated heterocycles. The number of nitrogens with zero attached hydrogens (tertiary/aromatic N) is 1. The maximum atomic E-state index is 12.2. The molecule has 1 aliphatic rings. The van der Waals surface area contributed by atoms with Crippen molar-refractivity contribution < 1.29 is 14.3 Å². The third-order valence-electron chi connectivity index (χ3n) is 3.93. The summed E-state index contributed by atoms with van der Waals surface area (Å²) >= 11 is 0. The van der Waals surface area contributed by atoms with E-state index in [9.17, 15) is 9.59 Å². The lowest BCUT2D eigenvalue weighted by Crippen LogP contribution is -2.36. The molecule has 0 atom stereocenters. The first kappa shape index (κ1) is 16.1. The average Bonchev–Trinajstić information content (AvgIpc) is 2.53. The molecule has 0 aromatic heterocycles. The smallest absolute Gasteiger partial charge is 0.228 e. The third kappa shape index (κ3) is 3.56. The van der Waals surface area contributed by atoms with E-state index in [1.54, 1.807) is 23.1 Å². The molecule has 5 nitrogen and oxygen atoms in total. The van der Waals surface area contributed by atoms with Crippen molar-refractivity contribution in [1.29, 1.82) is 0 Å². The second kappa shape index (κ2) is 6.74. The Morgan fingerprint density at radius 2 is 2.04 bits per heavy atom. The fourth-order valence-corrected chi connectivity index (χ4v) is 2.84. The van der Waals surface area contributed by atoms with Crippen molar-refractivity contribution in [2.45, 2.75) is 20.3 Å². The van der Waals surface area contributed by atoms with Crippen LogP contribution < -0.4 is 15.0 Å². The Kier molecular flexibility index (Phi) is 4.51. The van der Waals surface area contributed by atoms with Gasteiger partial charge in [-0.2, -0.15) is 0 Å². The number of aryl methyl sites for hydroxylation is 1. The van der Waals surface area contributed by atoms with Gasteiger partial charge in [0, 0.05) is 18.7 Å². The van der Waals surface area contributed by atoms with Crippen LogP contribution in [0.2, 0.25) is 0 Å². The molecule has 0 aliphatic carbocycles. The van der Waals surface area contributed by atoms with Gasteiger partial charge in [-0.3, -0.25) is 9.59 Å². The Morgan fingerprint density at radius 1 is 1.21 bits per heavy atom. The summed E-state index contributed by atoms with van der Waals surface area (Å²) in [6.07, 6.45) is 0.319. The van der Waals surface area contributed by atoms with Gasteiger partial charge in [0.05, 0.1) is 18.7 Å². The first-order valence-electron chi connectivity index (χ1n) is 7.93. The number of hydrogen-bond donors (Lipinski definition) is 1. The van der Waals surface area contributed by atoms with E-state index in [1.165, 1.54) is 6.92 Å². The van der Waals surface area contributed by atoms with Gasteiger partial charge in [-0.25, -0.2) is 0 Å². The summed E-state index contributed by atoms with van der Waals surface area (Å²) in [4.78, 5) is 25.6. The normalized spacial score (nSPS) is 13.0. The molecule has 0 bridgehead atoms. The van der Waals surface area contributed by atoms with Gasteiger partial charge < -0.3 is 15.0 Å². The maximum absolute atomic E-state index is 12.2. The molecule has 0 spiro atoms. The van der Waals surface area contributed by atoms with Crippen molar-refractivity contribution in [2.24, 2.45) is 0 Å². The standard InChI is InChI=1S/C19H20N2O3/c1-13-4-3-5-15(10-13)11-19(23)20-16-6-7-17-18(12-16)24-9-8-21(17)14(2)22/h3-7,10,12H,8-9,11H2,1-2H3,(H,20,23). The summed E-state index contributed by atoms with van der Waals surface area (Å²) in [5.74, 6) is 0.514. The van der Waals surface area contributed by atoms with Crippen molar-refractivity contribution in [3.05, 3.63) is 53.6 Å². The van der Waals surface area contributed by atoms with Gasteiger partial charge in [-0.1, -0.05) is 29.8 Å². The van der Waals surface area contributed by atoms with E-state index in [-0.39, 0.29) is 11.8 Å². The minimum Gasteiger partial charge on any atom is -0.489 e. The largest absolute Gasteiger partial charge is 0.489 e. The summed E-state index contributed by atoms with van der Waals surface area (Å²) in [6.45, 7) is 4.53. The summed E-state index contributed by atoms with van der Waals surface area (Å²) in [5, 5.41) is 2.88. The minimum atomic E-state index is -0.0835. The third-order valence-corrected chi connectivity index (χ3v) is 3.93. The number of rotatable bonds is 3. The van der Waals surface area contributed by atoms with Gasteiger partial charge in [0.1, 0.15) is 12.4 Å². The first-order valence-corrected chi connectivity index (χ1v) is 7.93. The number of fused-ring (bicyclic) bond motifs is 1. The molecule has 5 heteroatoms. The van der Waals surface area contributed by atoms with Crippen LogP contribution in [-0.4, -0.2) is 25.0 Å². The zero-order chi connectivity index (χ0) is 17.1. The molecular formula is C19H20N2O3. The molecule has 0 unspecified atom stereocenters. The van der Waals surface area contributed by atoms with E-state index in [1.807, 2.05) is 31.2 Å². The Labute approximate surface area is 141 Å². The number of hydrogen-bond acceptors (Lipinski definition) is 3. The lowest BCUT2D eigenvalue weighted by molar-refractivity contribution is -0.117. The van der Waals surface area contributed by atoms with Gasteiger partial charge in [0.2, 0.25) is 11.8 Å². The number of ether oxygens (including phenoxy) is 1. The predicted octanol–water partition coefficient (Wildman–Crippen LogP) is 2.92. The molecule has 0 fully saturated rings. The molecule has 0 radical (unpaired) electrons. The van der Waals surface area contributed by atoms with Crippen LogP contribution in [0.1, 0.15) is 18.1 Å². The second-order valence-corrected chi connectivity index (χ2v) is 5.92. The van der Waals surface area contributed by atoms with E-state index < -0.39 is 0 Å².